The molecule has 0 aromatic heterocycles. The van der Waals surface area contributed by atoms with Gasteiger partial charge in [0.2, 0.25) is 15.9 Å². The van der Waals surface area contributed by atoms with Crippen molar-refractivity contribution in [2.24, 2.45) is 0 Å². The van der Waals surface area contributed by atoms with Crippen LogP contribution in [-0.2, 0) is 19.6 Å². The second-order valence-electron chi connectivity index (χ2n) is 6.37. The molecule has 2 saturated heterocycles. The predicted molar refractivity (Wildman–Crippen MR) is 94.1 cm³/mol. The largest absolute Gasteiger partial charge is 0.375 e. The quantitative estimate of drug-likeness (QED) is 0.796. The van der Waals surface area contributed by atoms with Gasteiger partial charge in [-0.2, -0.15) is 4.31 Å². The zero-order valence-electron chi connectivity index (χ0n) is 14.7. The van der Waals surface area contributed by atoms with E-state index >= 15 is 0 Å². The van der Waals surface area contributed by atoms with E-state index in [4.69, 9.17) is 4.74 Å². The van der Waals surface area contributed by atoms with Crippen LogP contribution < -0.4 is 5.32 Å². The lowest BCUT2D eigenvalue weighted by Crippen LogP contribution is -2.49. The maximum absolute atomic E-state index is 12.8. The number of ether oxygens (including phenoxy) is 1. The van der Waals surface area contributed by atoms with E-state index in [1.165, 1.54) is 12.1 Å². The Morgan fingerprint density at radius 3 is 2.88 bits per heavy atom. The van der Waals surface area contributed by atoms with E-state index in [1.54, 1.807) is 17.0 Å². The van der Waals surface area contributed by atoms with E-state index in [1.807, 2.05) is 6.92 Å². The summed E-state index contributed by atoms with van der Waals surface area (Å²) in [5, 5.41) is 2.60. The van der Waals surface area contributed by atoms with Gasteiger partial charge >= 0.3 is 0 Å². The zero-order chi connectivity index (χ0) is 18.7. The molecule has 142 valence electrons. The molecule has 1 N–H and O–H groups in total. The van der Waals surface area contributed by atoms with Gasteiger partial charge in [0.1, 0.15) is 0 Å². The van der Waals surface area contributed by atoms with Crippen molar-refractivity contribution in [1.82, 2.24) is 14.5 Å². The van der Waals surface area contributed by atoms with Crippen molar-refractivity contribution in [2.75, 3.05) is 39.3 Å². The van der Waals surface area contributed by atoms with Gasteiger partial charge in [0.05, 0.1) is 24.2 Å². The molecule has 0 bridgehead atoms. The SMILES string of the molecule is CCC1CN(C(=O)c2cccc(S(=O)(=O)N3CCNC(=O)C3)c2)CCO1. The molecule has 2 amide bonds. The first-order chi connectivity index (χ1) is 12.4. The molecular weight excluding hydrogens is 358 g/mol. The third-order valence-corrected chi connectivity index (χ3v) is 6.44. The number of amides is 2. The van der Waals surface area contributed by atoms with Crippen LogP contribution in [-0.4, -0.2) is 74.9 Å². The molecule has 1 atom stereocenters. The standard InChI is InChI=1S/C17H23N3O5S/c1-2-14-11-19(8-9-25-14)17(22)13-4-3-5-15(10-13)26(23,24)20-7-6-18-16(21)12-20/h3-5,10,14H,2,6-9,11-12H2,1H3,(H,18,21). The predicted octanol–water partition coefficient (Wildman–Crippen LogP) is 0.0581. The number of hydrogen-bond acceptors (Lipinski definition) is 5. The van der Waals surface area contributed by atoms with Crippen LogP contribution in [0.25, 0.3) is 0 Å². The third kappa shape index (κ3) is 3.89. The van der Waals surface area contributed by atoms with E-state index in [0.29, 0.717) is 25.3 Å². The summed E-state index contributed by atoms with van der Waals surface area (Å²) in [5.41, 5.74) is 0.323. The lowest BCUT2D eigenvalue weighted by Gasteiger charge is -2.32. The van der Waals surface area contributed by atoms with Gasteiger partial charge in [0.25, 0.3) is 5.91 Å². The first-order valence-electron chi connectivity index (χ1n) is 8.69. The summed E-state index contributed by atoms with van der Waals surface area (Å²) >= 11 is 0. The Morgan fingerprint density at radius 2 is 2.15 bits per heavy atom. The second-order valence-corrected chi connectivity index (χ2v) is 8.31. The Hall–Kier alpha value is -1.97. The Morgan fingerprint density at radius 1 is 1.35 bits per heavy atom. The van der Waals surface area contributed by atoms with Gasteiger partial charge < -0.3 is 15.0 Å². The number of benzene rings is 1. The molecule has 0 radical (unpaired) electrons. The van der Waals surface area contributed by atoms with Crippen molar-refractivity contribution >= 4 is 21.8 Å². The van der Waals surface area contributed by atoms with Gasteiger partial charge in [0, 0.05) is 31.7 Å². The fraction of sp³-hybridized carbons (Fsp3) is 0.529. The minimum Gasteiger partial charge on any atom is -0.375 e. The van der Waals surface area contributed by atoms with Gasteiger partial charge in [-0.15, -0.1) is 0 Å². The van der Waals surface area contributed by atoms with E-state index in [-0.39, 0.29) is 42.4 Å². The number of sulfonamides is 1. The maximum atomic E-state index is 12.8. The van der Waals surface area contributed by atoms with Gasteiger partial charge in [-0.1, -0.05) is 13.0 Å². The highest BCUT2D eigenvalue weighted by molar-refractivity contribution is 7.89. The lowest BCUT2D eigenvalue weighted by atomic mass is 10.1. The van der Waals surface area contributed by atoms with Crippen LogP contribution in [0.3, 0.4) is 0 Å². The van der Waals surface area contributed by atoms with Crippen molar-refractivity contribution in [3.8, 4) is 0 Å². The summed E-state index contributed by atoms with van der Waals surface area (Å²) in [6.07, 6.45) is 0.821. The number of nitrogens with zero attached hydrogens (tertiary/aromatic N) is 2. The fourth-order valence-electron chi connectivity index (χ4n) is 3.09. The van der Waals surface area contributed by atoms with E-state index in [0.717, 1.165) is 10.7 Å². The lowest BCUT2D eigenvalue weighted by molar-refractivity contribution is -0.122. The Labute approximate surface area is 153 Å². The van der Waals surface area contributed by atoms with Crippen LogP contribution >= 0.6 is 0 Å². The van der Waals surface area contributed by atoms with Crippen LogP contribution in [0.5, 0.6) is 0 Å². The van der Waals surface area contributed by atoms with Crippen molar-refractivity contribution in [3.63, 3.8) is 0 Å². The Bertz CT molecular complexity index is 795. The topological polar surface area (TPSA) is 96.0 Å². The minimum atomic E-state index is -3.82. The highest BCUT2D eigenvalue weighted by Crippen LogP contribution is 2.20. The Kier molecular flexibility index (Phi) is 5.59. The summed E-state index contributed by atoms with van der Waals surface area (Å²) in [4.78, 5) is 26.0. The molecule has 0 saturated carbocycles. The number of nitrogens with one attached hydrogen (secondary N) is 1. The highest BCUT2D eigenvalue weighted by Gasteiger charge is 2.30. The van der Waals surface area contributed by atoms with E-state index < -0.39 is 10.0 Å². The number of carbonyl (C=O) groups excluding carboxylic acids is 2. The van der Waals surface area contributed by atoms with Gasteiger partial charge in [-0.05, 0) is 24.6 Å². The van der Waals surface area contributed by atoms with Crippen molar-refractivity contribution in [3.05, 3.63) is 29.8 Å². The molecule has 0 spiro atoms. The van der Waals surface area contributed by atoms with Crippen LogP contribution in [0, 0.1) is 0 Å². The summed E-state index contributed by atoms with van der Waals surface area (Å²) in [6.45, 7) is 3.75. The number of carbonyl (C=O) groups is 2. The molecular formula is C17H23N3O5S. The average molecular weight is 381 g/mol. The average Bonchev–Trinajstić information content (AvgIpc) is 2.67. The molecule has 2 aliphatic rings. The summed E-state index contributed by atoms with van der Waals surface area (Å²) < 4.78 is 32.3. The molecule has 2 aliphatic heterocycles. The van der Waals surface area contributed by atoms with Crippen LogP contribution in [0.4, 0.5) is 0 Å². The number of piperazine rings is 1. The molecule has 1 aromatic rings. The fourth-order valence-corrected chi connectivity index (χ4v) is 4.54. The number of rotatable bonds is 4. The number of hydrogen-bond donors (Lipinski definition) is 1. The molecule has 9 heteroatoms. The molecule has 0 aliphatic carbocycles. The van der Waals surface area contributed by atoms with Gasteiger partial charge in [-0.3, -0.25) is 9.59 Å². The zero-order valence-corrected chi connectivity index (χ0v) is 15.5. The number of morpholine rings is 1. The monoisotopic (exact) mass is 381 g/mol. The van der Waals surface area contributed by atoms with Crippen LogP contribution in [0.2, 0.25) is 0 Å². The molecule has 2 heterocycles. The van der Waals surface area contributed by atoms with E-state index in [9.17, 15) is 18.0 Å². The van der Waals surface area contributed by atoms with Crippen molar-refractivity contribution in [2.45, 2.75) is 24.3 Å². The normalized spacial score (nSPS) is 22.1. The van der Waals surface area contributed by atoms with E-state index in [2.05, 4.69) is 5.32 Å². The molecule has 1 aromatic carbocycles. The summed E-state index contributed by atoms with van der Waals surface area (Å²) in [6, 6.07) is 6.01. The molecule has 2 fully saturated rings. The van der Waals surface area contributed by atoms with Crippen LogP contribution in [0.15, 0.2) is 29.2 Å². The van der Waals surface area contributed by atoms with Gasteiger partial charge in [-0.25, -0.2) is 8.42 Å². The Balaban J connectivity index is 1.81. The second kappa shape index (κ2) is 7.73. The summed E-state index contributed by atoms with van der Waals surface area (Å²) in [7, 11) is -3.82. The van der Waals surface area contributed by atoms with Gasteiger partial charge in [0.15, 0.2) is 0 Å². The maximum Gasteiger partial charge on any atom is 0.254 e. The molecule has 26 heavy (non-hydrogen) atoms. The van der Waals surface area contributed by atoms with Crippen LogP contribution in [0.1, 0.15) is 23.7 Å². The third-order valence-electron chi connectivity index (χ3n) is 4.60. The molecule has 1 unspecified atom stereocenters. The summed E-state index contributed by atoms with van der Waals surface area (Å²) in [5.74, 6) is -0.536. The van der Waals surface area contributed by atoms with Crippen molar-refractivity contribution < 1.29 is 22.7 Å². The smallest absolute Gasteiger partial charge is 0.254 e. The first kappa shape index (κ1) is 18.8. The van der Waals surface area contributed by atoms with Crippen molar-refractivity contribution in [1.29, 1.82) is 0 Å². The molecule has 3 rings (SSSR count). The highest BCUT2D eigenvalue weighted by atomic mass is 32.2. The first-order valence-corrected chi connectivity index (χ1v) is 10.1. The minimum absolute atomic E-state index is 0.00600. The molecule has 8 nitrogen and oxygen atoms in total.